The molecule has 1 aromatic carbocycles. The molecule has 0 fully saturated rings. The first-order valence-electron chi connectivity index (χ1n) is 6.70. The number of hydrogen-bond donors (Lipinski definition) is 1. The first-order valence-corrected chi connectivity index (χ1v) is 7.46. The minimum Gasteiger partial charge on any atom is -0.392 e. The van der Waals surface area contributed by atoms with Gasteiger partial charge in [-0.05, 0) is 42.9 Å². The van der Waals surface area contributed by atoms with Gasteiger partial charge in [0.25, 0.3) is 0 Å². The van der Waals surface area contributed by atoms with Crippen molar-refractivity contribution in [2.75, 3.05) is 0 Å². The number of halogens is 2. The highest BCUT2D eigenvalue weighted by Crippen LogP contribution is 2.25. The highest BCUT2D eigenvalue weighted by Gasteiger charge is 2.18. The average Bonchev–Trinajstić information content (AvgIpc) is 2.33. The van der Waals surface area contributed by atoms with Gasteiger partial charge in [-0.25, -0.2) is 0 Å². The predicted molar refractivity (Wildman–Crippen MR) is 79.5 cm³/mol. The number of rotatable bonds is 7. The summed E-state index contributed by atoms with van der Waals surface area (Å²) in [6.45, 7) is 4.32. The Bertz CT molecular complexity index is 360. The Morgan fingerprint density at radius 1 is 1.06 bits per heavy atom. The molecule has 0 heterocycles. The molecule has 0 aliphatic heterocycles. The molecule has 0 aliphatic rings. The quantitative estimate of drug-likeness (QED) is 0.739. The third-order valence-corrected chi connectivity index (χ3v) is 4.03. The van der Waals surface area contributed by atoms with Crippen molar-refractivity contribution in [2.45, 2.75) is 52.1 Å². The Hall–Kier alpha value is -0.240. The van der Waals surface area contributed by atoms with Crippen LogP contribution in [0.2, 0.25) is 10.0 Å². The van der Waals surface area contributed by atoms with Gasteiger partial charge in [-0.2, -0.15) is 0 Å². The zero-order valence-corrected chi connectivity index (χ0v) is 12.6. The standard InChI is InChI=1S/C15H22Cl2O/c1-3-5-12(6-4-2)15(18)10-11-7-8-13(16)14(17)9-11/h7-9,12,15,18H,3-6,10H2,1-2H3. The molecule has 102 valence electrons. The molecule has 0 aliphatic carbocycles. The Morgan fingerprint density at radius 2 is 1.67 bits per heavy atom. The van der Waals surface area contributed by atoms with Gasteiger partial charge in [-0.3, -0.25) is 0 Å². The van der Waals surface area contributed by atoms with E-state index in [1.165, 1.54) is 0 Å². The molecule has 1 N–H and O–H groups in total. The van der Waals surface area contributed by atoms with Crippen LogP contribution in [0.5, 0.6) is 0 Å². The lowest BCUT2D eigenvalue weighted by Crippen LogP contribution is -2.22. The van der Waals surface area contributed by atoms with Gasteiger partial charge < -0.3 is 5.11 Å². The van der Waals surface area contributed by atoms with Gasteiger partial charge in [-0.15, -0.1) is 0 Å². The molecule has 0 spiro atoms. The van der Waals surface area contributed by atoms with Crippen LogP contribution in [0.25, 0.3) is 0 Å². The average molecular weight is 289 g/mol. The van der Waals surface area contributed by atoms with Crippen LogP contribution >= 0.6 is 23.2 Å². The van der Waals surface area contributed by atoms with Crippen LogP contribution in [0.3, 0.4) is 0 Å². The van der Waals surface area contributed by atoms with Crippen LogP contribution in [0, 0.1) is 5.92 Å². The number of hydrogen-bond acceptors (Lipinski definition) is 1. The lowest BCUT2D eigenvalue weighted by Gasteiger charge is -2.22. The lowest BCUT2D eigenvalue weighted by molar-refractivity contribution is 0.0963. The van der Waals surface area contributed by atoms with Crippen molar-refractivity contribution < 1.29 is 5.11 Å². The summed E-state index contributed by atoms with van der Waals surface area (Å²) in [5.41, 5.74) is 1.05. The van der Waals surface area contributed by atoms with Gasteiger partial charge in [-0.1, -0.05) is 56.0 Å². The molecule has 0 bridgehead atoms. The molecule has 1 rings (SSSR count). The summed E-state index contributed by atoms with van der Waals surface area (Å²) in [6.07, 6.45) is 4.75. The molecule has 18 heavy (non-hydrogen) atoms. The van der Waals surface area contributed by atoms with Crippen molar-refractivity contribution >= 4 is 23.2 Å². The van der Waals surface area contributed by atoms with Crippen LogP contribution in [-0.2, 0) is 6.42 Å². The topological polar surface area (TPSA) is 20.2 Å². The molecular weight excluding hydrogens is 267 g/mol. The van der Waals surface area contributed by atoms with Crippen molar-refractivity contribution in [3.63, 3.8) is 0 Å². The summed E-state index contributed by atoms with van der Waals surface area (Å²) in [6, 6.07) is 5.58. The Kier molecular flexibility index (Phi) is 7.06. The van der Waals surface area contributed by atoms with E-state index in [4.69, 9.17) is 23.2 Å². The zero-order valence-electron chi connectivity index (χ0n) is 11.1. The summed E-state index contributed by atoms with van der Waals surface area (Å²) < 4.78 is 0. The van der Waals surface area contributed by atoms with Gasteiger partial charge >= 0.3 is 0 Å². The van der Waals surface area contributed by atoms with Crippen LogP contribution in [0.15, 0.2) is 18.2 Å². The van der Waals surface area contributed by atoms with E-state index < -0.39 is 0 Å². The molecule has 0 aromatic heterocycles. The summed E-state index contributed by atoms with van der Waals surface area (Å²) in [5, 5.41) is 11.4. The molecule has 1 nitrogen and oxygen atoms in total. The van der Waals surface area contributed by atoms with Gasteiger partial charge in [0.15, 0.2) is 0 Å². The fourth-order valence-electron chi connectivity index (χ4n) is 2.35. The number of benzene rings is 1. The maximum Gasteiger partial charge on any atom is 0.0608 e. The Morgan fingerprint density at radius 3 is 2.17 bits per heavy atom. The second kappa shape index (κ2) is 8.04. The molecular formula is C15H22Cl2O. The molecule has 1 unspecified atom stereocenters. The van der Waals surface area contributed by atoms with Gasteiger partial charge in [0, 0.05) is 0 Å². The third kappa shape index (κ3) is 4.79. The molecule has 0 radical (unpaired) electrons. The van der Waals surface area contributed by atoms with Crippen molar-refractivity contribution in [3.8, 4) is 0 Å². The van der Waals surface area contributed by atoms with Gasteiger partial charge in [0.1, 0.15) is 0 Å². The van der Waals surface area contributed by atoms with Crippen molar-refractivity contribution in [2.24, 2.45) is 5.92 Å². The van der Waals surface area contributed by atoms with E-state index in [0.717, 1.165) is 31.2 Å². The van der Waals surface area contributed by atoms with Gasteiger partial charge in [0.2, 0.25) is 0 Å². The van der Waals surface area contributed by atoms with E-state index in [9.17, 15) is 5.11 Å². The van der Waals surface area contributed by atoms with E-state index in [-0.39, 0.29) is 6.10 Å². The fourth-order valence-corrected chi connectivity index (χ4v) is 2.67. The first kappa shape index (κ1) is 15.8. The minimum absolute atomic E-state index is 0.290. The monoisotopic (exact) mass is 288 g/mol. The zero-order chi connectivity index (χ0) is 13.5. The Labute approximate surface area is 120 Å². The first-order chi connectivity index (χ1) is 8.58. The van der Waals surface area contributed by atoms with E-state index >= 15 is 0 Å². The van der Waals surface area contributed by atoms with Crippen LogP contribution < -0.4 is 0 Å². The summed E-state index contributed by atoms with van der Waals surface area (Å²) in [7, 11) is 0. The minimum atomic E-state index is -0.290. The maximum absolute atomic E-state index is 10.3. The van der Waals surface area contributed by atoms with Crippen LogP contribution in [0.1, 0.15) is 45.1 Å². The Balaban J connectivity index is 2.66. The van der Waals surface area contributed by atoms with Crippen LogP contribution in [0.4, 0.5) is 0 Å². The molecule has 1 aromatic rings. The number of aliphatic hydroxyl groups excluding tert-OH is 1. The van der Waals surface area contributed by atoms with Gasteiger partial charge in [0.05, 0.1) is 16.1 Å². The molecule has 3 heteroatoms. The predicted octanol–water partition coefficient (Wildman–Crippen LogP) is 5.11. The maximum atomic E-state index is 10.3. The third-order valence-electron chi connectivity index (χ3n) is 3.29. The second-order valence-electron chi connectivity index (χ2n) is 4.86. The van der Waals surface area contributed by atoms with Crippen LogP contribution in [-0.4, -0.2) is 11.2 Å². The fraction of sp³-hybridized carbons (Fsp3) is 0.600. The SMILES string of the molecule is CCCC(CCC)C(O)Cc1ccc(Cl)c(Cl)c1. The largest absolute Gasteiger partial charge is 0.392 e. The highest BCUT2D eigenvalue weighted by atomic mass is 35.5. The van der Waals surface area contributed by atoms with Crippen molar-refractivity contribution in [3.05, 3.63) is 33.8 Å². The normalized spacial score (nSPS) is 13.0. The molecule has 0 saturated carbocycles. The molecule has 0 amide bonds. The lowest BCUT2D eigenvalue weighted by atomic mass is 9.89. The van der Waals surface area contributed by atoms with Crippen molar-refractivity contribution in [1.29, 1.82) is 0 Å². The summed E-state index contributed by atoms with van der Waals surface area (Å²) in [5.74, 6) is 0.384. The number of aliphatic hydroxyl groups is 1. The molecule has 1 atom stereocenters. The van der Waals surface area contributed by atoms with Crippen molar-refractivity contribution in [1.82, 2.24) is 0 Å². The van der Waals surface area contributed by atoms with E-state index in [2.05, 4.69) is 13.8 Å². The van der Waals surface area contributed by atoms with E-state index in [1.54, 1.807) is 6.07 Å². The molecule has 0 saturated heterocycles. The highest BCUT2D eigenvalue weighted by molar-refractivity contribution is 6.42. The summed E-state index contributed by atoms with van der Waals surface area (Å²) in [4.78, 5) is 0. The smallest absolute Gasteiger partial charge is 0.0608 e. The second-order valence-corrected chi connectivity index (χ2v) is 5.67. The van der Waals surface area contributed by atoms with E-state index in [1.807, 2.05) is 12.1 Å². The van der Waals surface area contributed by atoms with E-state index in [0.29, 0.717) is 22.4 Å². The summed E-state index contributed by atoms with van der Waals surface area (Å²) >= 11 is 11.9.